The number of hydrogen-bond acceptors (Lipinski definition) is 3. The van der Waals surface area contributed by atoms with E-state index in [0.29, 0.717) is 5.75 Å². The zero-order valence-corrected chi connectivity index (χ0v) is 20.4. The molecule has 5 heteroatoms. The molecule has 33 heavy (non-hydrogen) atoms. The second kappa shape index (κ2) is 12.9. The molecule has 0 fully saturated rings. The lowest BCUT2D eigenvalue weighted by Crippen LogP contribution is -2.44. The molecule has 3 aromatic rings. The van der Waals surface area contributed by atoms with E-state index in [1.165, 1.54) is 11.1 Å². The topological polar surface area (TPSA) is 44.7 Å². The molecule has 1 atom stereocenters. The molecule has 0 aliphatic carbocycles. The van der Waals surface area contributed by atoms with E-state index in [0.717, 1.165) is 49.3 Å². The van der Waals surface area contributed by atoms with Crippen LogP contribution in [-0.2, 0) is 19.3 Å². The van der Waals surface area contributed by atoms with Crippen LogP contribution < -0.4 is 10.1 Å². The first-order valence-electron chi connectivity index (χ1n) is 11.5. The number of phenolic OH excluding ortho intramolecular Hbond substituents is 1. The maximum atomic E-state index is 10.5. The quantitative estimate of drug-likeness (QED) is 0.375. The van der Waals surface area contributed by atoms with Crippen molar-refractivity contribution >= 4 is 17.3 Å². The summed E-state index contributed by atoms with van der Waals surface area (Å²) in [5.74, 6) is 0.743. The van der Waals surface area contributed by atoms with Gasteiger partial charge in [0.2, 0.25) is 0 Å². The highest BCUT2D eigenvalue weighted by Crippen LogP contribution is 2.31. The lowest BCUT2D eigenvalue weighted by Gasteiger charge is -2.31. The summed E-state index contributed by atoms with van der Waals surface area (Å²) in [5.41, 5.74) is 3.52. The van der Waals surface area contributed by atoms with Crippen LogP contribution in [0, 0.1) is 0 Å². The number of ether oxygens (including phenoxy) is 1. The highest BCUT2D eigenvalue weighted by molar-refractivity contribution is 7.80. The summed E-state index contributed by atoms with van der Waals surface area (Å²) in [6, 6.07) is 26.9. The molecule has 3 rings (SSSR count). The molecule has 0 saturated carbocycles. The molecule has 0 aromatic heterocycles. The van der Waals surface area contributed by atoms with Crippen molar-refractivity contribution in [1.82, 2.24) is 10.2 Å². The van der Waals surface area contributed by atoms with Gasteiger partial charge in [-0.25, -0.2) is 0 Å². The SMILES string of the molecule is COc1cccc(CCC(CCc2ccccc2)N(C)C(=S)NCCc2ccccc2)c1O. The van der Waals surface area contributed by atoms with Gasteiger partial charge in [-0.2, -0.15) is 0 Å². The number of benzene rings is 3. The second-order valence-electron chi connectivity index (χ2n) is 8.26. The summed E-state index contributed by atoms with van der Waals surface area (Å²) in [5, 5.41) is 14.7. The van der Waals surface area contributed by atoms with Crippen LogP contribution in [0.15, 0.2) is 78.9 Å². The minimum atomic E-state index is 0.230. The minimum Gasteiger partial charge on any atom is -0.504 e. The van der Waals surface area contributed by atoms with E-state index in [1.807, 2.05) is 24.3 Å². The highest BCUT2D eigenvalue weighted by Gasteiger charge is 2.19. The molecule has 3 aromatic carbocycles. The summed E-state index contributed by atoms with van der Waals surface area (Å²) in [7, 11) is 3.65. The van der Waals surface area contributed by atoms with Crippen molar-refractivity contribution in [2.45, 2.75) is 38.1 Å². The number of phenols is 1. The van der Waals surface area contributed by atoms with E-state index in [-0.39, 0.29) is 11.8 Å². The molecule has 0 radical (unpaired) electrons. The Balaban J connectivity index is 1.62. The van der Waals surface area contributed by atoms with Crippen molar-refractivity contribution in [1.29, 1.82) is 0 Å². The van der Waals surface area contributed by atoms with Gasteiger partial charge in [-0.05, 0) is 67.1 Å². The lowest BCUT2D eigenvalue weighted by atomic mass is 9.97. The van der Waals surface area contributed by atoms with Crippen molar-refractivity contribution in [3.63, 3.8) is 0 Å². The Kier molecular flexibility index (Phi) is 9.58. The van der Waals surface area contributed by atoms with E-state index in [9.17, 15) is 5.11 Å². The average Bonchev–Trinajstić information content (AvgIpc) is 2.85. The van der Waals surface area contributed by atoms with Crippen LogP contribution in [-0.4, -0.2) is 41.9 Å². The monoisotopic (exact) mass is 462 g/mol. The molecule has 0 aliphatic heterocycles. The fraction of sp³-hybridized carbons (Fsp3) is 0.321. The van der Waals surface area contributed by atoms with Crippen molar-refractivity contribution in [3.8, 4) is 11.5 Å². The first-order valence-corrected chi connectivity index (χ1v) is 11.9. The molecule has 0 amide bonds. The third-order valence-corrected chi connectivity index (χ3v) is 6.49. The van der Waals surface area contributed by atoms with Crippen LogP contribution in [0.3, 0.4) is 0 Å². The average molecular weight is 463 g/mol. The Morgan fingerprint density at radius 1 is 0.879 bits per heavy atom. The van der Waals surface area contributed by atoms with Gasteiger partial charge >= 0.3 is 0 Å². The van der Waals surface area contributed by atoms with Crippen LogP contribution in [0.5, 0.6) is 11.5 Å². The van der Waals surface area contributed by atoms with E-state index < -0.39 is 0 Å². The first kappa shape index (κ1) is 24.6. The van der Waals surface area contributed by atoms with Gasteiger partial charge in [0, 0.05) is 19.6 Å². The van der Waals surface area contributed by atoms with Crippen LogP contribution in [0.25, 0.3) is 0 Å². The standard InChI is InChI=1S/C28H34N2O2S/c1-30(28(33)29-21-20-23-12-7-4-8-13-23)25(18-16-22-10-5-3-6-11-22)19-17-24-14-9-15-26(32-2)27(24)31/h3-15,25,31H,16-21H2,1-2H3,(H,29,33). The van der Waals surface area contributed by atoms with Crippen LogP contribution >= 0.6 is 12.2 Å². The van der Waals surface area contributed by atoms with Gasteiger partial charge in [0.1, 0.15) is 0 Å². The van der Waals surface area contributed by atoms with Gasteiger partial charge in [-0.15, -0.1) is 0 Å². The number of rotatable bonds is 11. The molecule has 1 unspecified atom stereocenters. The van der Waals surface area contributed by atoms with Gasteiger partial charge in [-0.1, -0.05) is 72.8 Å². The maximum Gasteiger partial charge on any atom is 0.168 e. The molecule has 0 aliphatic rings. The van der Waals surface area contributed by atoms with E-state index in [2.05, 4.69) is 65.8 Å². The van der Waals surface area contributed by atoms with Crippen molar-refractivity contribution in [2.75, 3.05) is 20.7 Å². The first-order chi connectivity index (χ1) is 16.1. The number of hydrogen-bond donors (Lipinski definition) is 2. The summed E-state index contributed by atoms with van der Waals surface area (Å²) < 4.78 is 5.27. The number of aryl methyl sites for hydroxylation is 2. The van der Waals surface area contributed by atoms with E-state index >= 15 is 0 Å². The number of para-hydroxylation sites is 1. The highest BCUT2D eigenvalue weighted by atomic mass is 32.1. The third kappa shape index (κ3) is 7.50. The van der Waals surface area contributed by atoms with Gasteiger partial charge in [0.05, 0.1) is 7.11 Å². The van der Waals surface area contributed by atoms with Gasteiger partial charge in [0.15, 0.2) is 16.6 Å². The number of methoxy groups -OCH3 is 1. The molecule has 0 saturated heterocycles. The fourth-order valence-electron chi connectivity index (χ4n) is 4.01. The number of thiocarbonyl (C=S) groups is 1. The summed E-state index contributed by atoms with van der Waals surface area (Å²) >= 11 is 5.74. The van der Waals surface area contributed by atoms with Gasteiger partial charge in [-0.3, -0.25) is 0 Å². The van der Waals surface area contributed by atoms with E-state index in [1.54, 1.807) is 13.2 Å². The zero-order valence-electron chi connectivity index (χ0n) is 19.5. The number of aromatic hydroxyl groups is 1. The molecule has 0 spiro atoms. The number of nitrogens with one attached hydrogen (secondary N) is 1. The maximum absolute atomic E-state index is 10.5. The molecular formula is C28H34N2O2S. The van der Waals surface area contributed by atoms with Crippen LogP contribution in [0.4, 0.5) is 0 Å². The summed E-state index contributed by atoms with van der Waals surface area (Å²) in [6.45, 7) is 0.801. The van der Waals surface area contributed by atoms with Crippen LogP contribution in [0.1, 0.15) is 29.5 Å². The summed E-state index contributed by atoms with van der Waals surface area (Å²) in [4.78, 5) is 2.18. The van der Waals surface area contributed by atoms with E-state index in [4.69, 9.17) is 17.0 Å². The van der Waals surface area contributed by atoms with Crippen LogP contribution in [0.2, 0.25) is 0 Å². The Morgan fingerprint density at radius 3 is 2.12 bits per heavy atom. The van der Waals surface area contributed by atoms with Crippen molar-refractivity contribution < 1.29 is 9.84 Å². The minimum absolute atomic E-state index is 0.230. The largest absolute Gasteiger partial charge is 0.504 e. The molecule has 4 nitrogen and oxygen atoms in total. The van der Waals surface area contributed by atoms with Gasteiger partial charge in [0.25, 0.3) is 0 Å². The third-order valence-electron chi connectivity index (χ3n) is 6.06. The van der Waals surface area contributed by atoms with Crippen molar-refractivity contribution in [3.05, 3.63) is 95.6 Å². The molecule has 0 bridgehead atoms. The van der Waals surface area contributed by atoms with Gasteiger partial charge < -0.3 is 20.1 Å². The molecular weight excluding hydrogens is 428 g/mol. The molecule has 2 N–H and O–H groups in total. The molecule has 174 valence electrons. The fourth-order valence-corrected chi connectivity index (χ4v) is 4.27. The van der Waals surface area contributed by atoms with Crippen molar-refractivity contribution in [2.24, 2.45) is 0 Å². The second-order valence-corrected chi connectivity index (χ2v) is 8.65. The predicted molar refractivity (Wildman–Crippen MR) is 140 cm³/mol. The summed E-state index contributed by atoms with van der Waals surface area (Å²) in [6.07, 6.45) is 4.52. The Labute approximate surface area is 203 Å². The number of nitrogens with zero attached hydrogens (tertiary/aromatic N) is 1. The smallest absolute Gasteiger partial charge is 0.168 e. The Bertz CT molecular complexity index is 995. The Morgan fingerprint density at radius 2 is 1.48 bits per heavy atom. The molecule has 0 heterocycles. The lowest BCUT2D eigenvalue weighted by molar-refractivity contribution is 0.319. The normalized spacial score (nSPS) is 11.6. The predicted octanol–water partition coefficient (Wildman–Crippen LogP) is 5.38. The zero-order chi connectivity index (χ0) is 23.5. The Hall–Kier alpha value is -3.05.